The molecule has 0 radical (unpaired) electrons. The van der Waals surface area contributed by atoms with Gasteiger partial charge in [-0.3, -0.25) is 4.98 Å². The van der Waals surface area contributed by atoms with Crippen molar-refractivity contribution >= 4 is 10.0 Å². The molecule has 2 atom stereocenters. The molecule has 1 N–H and O–H groups in total. The second kappa shape index (κ2) is 7.22. The zero-order chi connectivity index (χ0) is 18.0. The lowest BCUT2D eigenvalue weighted by atomic mass is 9.96. The highest BCUT2D eigenvalue weighted by molar-refractivity contribution is 7.89. The van der Waals surface area contributed by atoms with Crippen molar-refractivity contribution in [3.8, 4) is 11.5 Å². The van der Waals surface area contributed by atoms with Crippen molar-refractivity contribution < 1.29 is 22.6 Å². The van der Waals surface area contributed by atoms with Gasteiger partial charge in [0.05, 0.1) is 24.2 Å². The summed E-state index contributed by atoms with van der Waals surface area (Å²) in [6.07, 6.45) is 4.20. The smallest absolute Gasteiger partial charge is 0.241 e. The van der Waals surface area contributed by atoms with E-state index in [4.69, 9.17) is 14.2 Å². The van der Waals surface area contributed by atoms with Gasteiger partial charge in [-0.05, 0) is 36.2 Å². The molecule has 1 aromatic heterocycles. The van der Waals surface area contributed by atoms with Gasteiger partial charge in [0.25, 0.3) is 0 Å². The van der Waals surface area contributed by atoms with E-state index in [2.05, 4.69) is 9.71 Å². The summed E-state index contributed by atoms with van der Waals surface area (Å²) in [7, 11) is -3.68. The average Bonchev–Trinajstić information content (AvgIpc) is 3.08. The van der Waals surface area contributed by atoms with Crippen molar-refractivity contribution in [1.82, 2.24) is 9.71 Å². The van der Waals surface area contributed by atoms with Crippen LogP contribution in [0.25, 0.3) is 0 Å². The fourth-order valence-corrected chi connectivity index (χ4v) is 4.51. The van der Waals surface area contributed by atoms with Crippen LogP contribution in [0.4, 0.5) is 0 Å². The zero-order valence-corrected chi connectivity index (χ0v) is 14.9. The predicted molar refractivity (Wildman–Crippen MR) is 93.8 cm³/mol. The minimum Gasteiger partial charge on any atom is -0.486 e. The van der Waals surface area contributed by atoms with Gasteiger partial charge in [0, 0.05) is 24.4 Å². The second-order valence-corrected chi connectivity index (χ2v) is 8.10. The van der Waals surface area contributed by atoms with Gasteiger partial charge in [-0.15, -0.1) is 0 Å². The third-order valence-electron chi connectivity index (χ3n) is 4.58. The second-order valence-electron chi connectivity index (χ2n) is 6.39. The van der Waals surface area contributed by atoms with E-state index in [-0.39, 0.29) is 16.9 Å². The number of rotatable bonds is 5. The van der Waals surface area contributed by atoms with Crippen LogP contribution in [0.15, 0.2) is 47.6 Å². The third kappa shape index (κ3) is 3.67. The first-order valence-electron chi connectivity index (χ1n) is 8.50. The van der Waals surface area contributed by atoms with E-state index >= 15 is 0 Å². The van der Waals surface area contributed by atoms with Crippen molar-refractivity contribution in [2.45, 2.75) is 17.4 Å². The molecular weight excluding hydrogens is 356 g/mol. The molecule has 138 valence electrons. The Morgan fingerprint density at radius 2 is 1.81 bits per heavy atom. The molecule has 2 aromatic rings. The summed E-state index contributed by atoms with van der Waals surface area (Å²) in [5.41, 5.74) is 1.11. The molecule has 1 aromatic carbocycles. The normalized spacial score (nSPS) is 22.3. The van der Waals surface area contributed by atoms with Crippen molar-refractivity contribution in [1.29, 1.82) is 0 Å². The van der Waals surface area contributed by atoms with Gasteiger partial charge in [0.15, 0.2) is 11.5 Å². The molecule has 0 aliphatic carbocycles. The summed E-state index contributed by atoms with van der Waals surface area (Å²) in [6, 6.07) is 8.26. The van der Waals surface area contributed by atoms with Crippen LogP contribution in [0.5, 0.6) is 11.5 Å². The standard InChI is InChI=1S/C18H20N2O5S/c21-26(22,15-1-2-17-18(10-15)25-8-7-24-17)20-16-12-23-11-14(16)9-13-3-5-19-6-4-13/h1-6,10,14,16,20H,7-9,11-12H2/t14-,16+/m1/s1. The number of aromatic nitrogens is 1. The Kier molecular flexibility index (Phi) is 4.80. The van der Waals surface area contributed by atoms with Gasteiger partial charge < -0.3 is 14.2 Å². The first kappa shape index (κ1) is 17.3. The van der Waals surface area contributed by atoms with E-state index in [1.165, 1.54) is 12.1 Å². The predicted octanol–water partition coefficient (Wildman–Crippen LogP) is 1.39. The molecule has 1 fully saturated rings. The van der Waals surface area contributed by atoms with Crippen LogP contribution in [0, 0.1) is 5.92 Å². The Balaban J connectivity index is 1.50. The van der Waals surface area contributed by atoms with Gasteiger partial charge in [-0.25, -0.2) is 13.1 Å². The van der Waals surface area contributed by atoms with Crippen molar-refractivity contribution in [3.05, 3.63) is 48.3 Å². The number of hydrogen-bond acceptors (Lipinski definition) is 6. The molecule has 0 saturated carbocycles. The summed E-state index contributed by atoms with van der Waals surface area (Å²) in [5, 5.41) is 0. The van der Waals surface area contributed by atoms with E-state index in [0.29, 0.717) is 37.9 Å². The molecule has 2 aliphatic rings. The van der Waals surface area contributed by atoms with Crippen LogP contribution >= 0.6 is 0 Å². The van der Waals surface area contributed by atoms with Crippen LogP contribution in [0.2, 0.25) is 0 Å². The molecular formula is C18H20N2O5S. The van der Waals surface area contributed by atoms with Crippen LogP contribution in [-0.2, 0) is 21.2 Å². The monoisotopic (exact) mass is 376 g/mol. The SMILES string of the molecule is O=S(=O)(N[C@H]1COC[C@H]1Cc1ccncc1)c1ccc2c(c1)OCCO2. The third-order valence-corrected chi connectivity index (χ3v) is 6.06. The number of nitrogens with zero attached hydrogens (tertiary/aromatic N) is 1. The Hall–Kier alpha value is -2.16. The maximum atomic E-state index is 12.8. The summed E-state index contributed by atoms with van der Waals surface area (Å²) >= 11 is 0. The Morgan fingerprint density at radius 1 is 1.04 bits per heavy atom. The Labute approximate surface area is 152 Å². The number of nitrogens with one attached hydrogen (secondary N) is 1. The average molecular weight is 376 g/mol. The molecule has 0 unspecified atom stereocenters. The fourth-order valence-electron chi connectivity index (χ4n) is 3.21. The number of pyridine rings is 1. The topological polar surface area (TPSA) is 86.8 Å². The van der Waals surface area contributed by atoms with Crippen LogP contribution in [-0.4, -0.2) is 45.9 Å². The highest BCUT2D eigenvalue weighted by Gasteiger charge is 2.32. The Morgan fingerprint density at radius 3 is 2.62 bits per heavy atom. The quantitative estimate of drug-likeness (QED) is 0.849. The molecule has 4 rings (SSSR count). The molecule has 0 amide bonds. The highest BCUT2D eigenvalue weighted by atomic mass is 32.2. The van der Waals surface area contributed by atoms with Crippen LogP contribution in [0.1, 0.15) is 5.56 Å². The van der Waals surface area contributed by atoms with Gasteiger partial charge >= 0.3 is 0 Å². The summed E-state index contributed by atoms with van der Waals surface area (Å²) in [4.78, 5) is 4.17. The van der Waals surface area contributed by atoms with E-state index < -0.39 is 10.0 Å². The van der Waals surface area contributed by atoms with E-state index in [9.17, 15) is 8.42 Å². The lowest BCUT2D eigenvalue weighted by molar-refractivity contribution is 0.171. The van der Waals surface area contributed by atoms with Crippen LogP contribution < -0.4 is 14.2 Å². The van der Waals surface area contributed by atoms with Gasteiger partial charge in [0.2, 0.25) is 10.0 Å². The maximum absolute atomic E-state index is 12.8. The van der Waals surface area contributed by atoms with Gasteiger partial charge in [-0.2, -0.15) is 0 Å². The van der Waals surface area contributed by atoms with Crippen molar-refractivity contribution in [2.75, 3.05) is 26.4 Å². The van der Waals surface area contributed by atoms with Gasteiger partial charge in [0.1, 0.15) is 13.2 Å². The molecule has 8 heteroatoms. The molecule has 1 saturated heterocycles. The number of benzene rings is 1. The number of ether oxygens (including phenoxy) is 3. The van der Waals surface area contributed by atoms with Crippen molar-refractivity contribution in [3.63, 3.8) is 0 Å². The molecule has 2 aliphatic heterocycles. The molecule has 0 bridgehead atoms. The molecule has 3 heterocycles. The van der Waals surface area contributed by atoms with Crippen molar-refractivity contribution in [2.24, 2.45) is 5.92 Å². The highest BCUT2D eigenvalue weighted by Crippen LogP contribution is 2.32. The lowest BCUT2D eigenvalue weighted by Gasteiger charge is -2.21. The van der Waals surface area contributed by atoms with E-state index in [0.717, 1.165) is 12.0 Å². The Bertz CT molecular complexity index is 872. The summed E-state index contributed by atoms with van der Waals surface area (Å²) in [6.45, 7) is 1.76. The van der Waals surface area contributed by atoms with Crippen LogP contribution in [0.3, 0.4) is 0 Å². The number of hydrogen-bond donors (Lipinski definition) is 1. The first-order valence-corrected chi connectivity index (χ1v) is 9.99. The molecule has 7 nitrogen and oxygen atoms in total. The summed E-state index contributed by atoms with van der Waals surface area (Å²) in [5.74, 6) is 1.09. The minimum absolute atomic E-state index is 0.0735. The zero-order valence-electron chi connectivity index (χ0n) is 14.1. The van der Waals surface area contributed by atoms with E-state index in [1.54, 1.807) is 18.5 Å². The molecule has 26 heavy (non-hydrogen) atoms. The van der Waals surface area contributed by atoms with E-state index in [1.807, 2.05) is 12.1 Å². The number of sulfonamides is 1. The number of fused-ring (bicyclic) bond motifs is 1. The molecule has 0 spiro atoms. The first-order chi connectivity index (χ1) is 12.6. The van der Waals surface area contributed by atoms with Gasteiger partial charge in [-0.1, -0.05) is 0 Å². The minimum atomic E-state index is -3.68. The lowest BCUT2D eigenvalue weighted by Crippen LogP contribution is -2.40. The largest absolute Gasteiger partial charge is 0.486 e. The fraction of sp³-hybridized carbons (Fsp3) is 0.389. The summed E-state index contributed by atoms with van der Waals surface area (Å²) < 4.78 is 44.8. The maximum Gasteiger partial charge on any atom is 0.241 e.